The smallest absolute Gasteiger partial charge is 0.134 e. The number of para-hydroxylation sites is 1. The lowest BCUT2D eigenvalue weighted by Gasteiger charge is -2.09. The summed E-state index contributed by atoms with van der Waals surface area (Å²) in [6.07, 6.45) is 0. The zero-order valence-electron chi connectivity index (χ0n) is 10.8. The van der Waals surface area contributed by atoms with Crippen molar-refractivity contribution >= 4 is 22.4 Å². The third kappa shape index (κ3) is 3.19. The number of rotatable bonds is 4. The van der Waals surface area contributed by atoms with Gasteiger partial charge >= 0.3 is 0 Å². The lowest BCUT2D eigenvalue weighted by Crippen LogP contribution is -2.00. The summed E-state index contributed by atoms with van der Waals surface area (Å²) in [6, 6.07) is 14.2. The van der Waals surface area contributed by atoms with Crippen molar-refractivity contribution in [2.45, 2.75) is 10.6 Å². The van der Waals surface area contributed by atoms with E-state index in [0.717, 1.165) is 5.56 Å². The van der Waals surface area contributed by atoms with E-state index >= 15 is 0 Å². The Morgan fingerprint density at radius 1 is 1.30 bits per heavy atom. The summed E-state index contributed by atoms with van der Waals surface area (Å²) in [5, 5.41) is 9.25. The fourth-order valence-corrected chi connectivity index (χ4v) is 3.38. The first-order valence-corrected chi connectivity index (χ1v) is 7.55. The van der Waals surface area contributed by atoms with E-state index in [4.69, 9.17) is 21.6 Å². The van der Waals surface area contributed by atoms with Gasteiger partial charge in [0.2, 0.25) is 0 Å². The zero-order valence-corrected chi connectivity index (χ0v) is 12.4. The van der Waals surface area contributed by atoms with E-state index in [1.54, 1.807) is 37.4 Å². The predicted molar refractivity (Wildman–Crippen MR) is 79.3 cm³/mol. The molecule has 2 aromatic rings. The molecule has 0 heterocycles. The molecule has 0 spiro atoms. The van der Waals surface area contributed by atoms with Gasteiger partial charge in [-0.05, 0) is 29.8 Å². The lowest BCUT2D eigenvalue weighted by molar-refractivity contribution is 0.404. The van der Waals surface area contributed by atoms with E-state index < -0.39 is 10.8 Å². The number of ether oxygens (including phenoxy) is 1. The molecule has 102 valence electrons. The molecule has 2 rings (SSSR count). The van der Waals surface area contributed by atoms with E-state index in [1.165, 1.54) is 0 Å². The Kier molecular flexibility index (Phi) is 4.78. The van der Waals surface area contributed by atoms with Gasteiger partial charge in [0.25, 0.3) is 0 Å². The summed E-state index contributed by atoms with van der Waals surface area (Å²) in [5.74, 6) is 0.876. The number of hydrogen-bond acceptors (Lipinski definition) is 3. The van der Waals surface area contributed by atoms with E-state index in [0.29, 0.717) is 21.2 Å². The Hall–Kier alpha value is -1.83. The van der Waals surface area contributed by atoms with Crippen LogP contribution in [0.5, 0.6) is 5.75 Å². The van der Waals surface area contributed by atoms with Gasteiger partial charge in [-0.2, -0.15) is 5.26 Å². The van der Waals surface area contributed by atoms with Gasteiger partial charge in [-0.25, -0.2) is 0 Å². The number of halogens is 1. The van der Waals surface area contributed by atoms with Crippen LogP contribution in [0.2, 0.25) is 5.02 Å². The number of benzene rings is 2. The number of nitrogens with zero attached hydrogens (tertiary/aromatic N) is 1. The van der Waals surface area contributed by atoms with Crippen molar-refractivity contribution in [1.29, 1.82) is 5.26 Å². The summed E-state index contributed by atoms with van der Waals surface area (Å²) >= 11 is 6.10. The van der Waals surface area contributed by atoms with E-state index in [-0.39, 0.29) is 5.75 Å². The third-order valence-electron chi connectivity index (χ3n) is 2.78. The topological polar surface area (TPSA) is 50.1 Å². The average Bonchev–Trinajstić information content (AvgIpc) is 2.49. The molecular weight excluding hydrogens is 294 g/mol. The van der Waals surface area contributed by atoms with Crippen molar-refractivity contribution in [2.75, 3.05) is 7.11 Å². The molecule has 0 saturated carbocycles. The molecule has 0 saturated heterocycles. The van der Waals surface area contributed by atoms with Crippen LogP contribution in [0.4, 0.5) is 0 Å². The van der Waals surface area contributed by atoms with Gasteiger partial charge in [0.15, 0.2) is 0 Å². The first kappa shape index (κ1) is 14.6. The minimum Gasteiger partial charge on any atom is -0.495 e. The minimum absolute atomic E-state index is 0.283. The second-order valence-electron chi connectivity index (χ2n) is 4.06. The maximum absolute atomic E-state index is 12.4. The fraction of sp³-hybridized carbons (Fsp3) is 0.133. The van der Waals surface area contributed by atoms with Gasteiger partial charge in [0.05, 0.1) is 40.2 Å². The second-order valence-corrected chi connectivity index (χ2v) is 5.89. The molecule has 20 heavy (non-hydrogen) atoms. The predicted octanol–water partition coefficient (Wildman–Crippen LogP) is 3.53. The van der Waals surface area contributed by atoms with Gasteiger partial charge in [-0.3, -0.25) is 4.21 Å². The van der Waals surface area contributed by atoms with Crippen molar-refractivity contribution in [3.63, 3.8) is 0 Å². The summed E-state index contributed by atoms with van der Waals surface area (Å²) in [5.41, 5.74) is 1.23. The molecule has 0 radical (unpaired) electrons. The maximum atomic E-state index is 12.4. The van der Waals surface area contributed by atoms with Crippen molar-refractivity contribution in [1.82, 2.24) is 0 Å². The molecule has 5 heteroatoms. The Bertz CT molecular complexity index is 695. The summed E-state index contributed by atoms with van der Waals surface area (Å²) in [6.45, 7) is 0. The normalized spacial score (nSPS) is 11.7. The number of hydrogen-bond donors (Lipinski definition) is 0. The van der Waals surface area contributed by atoms with Crippen LogP contribution in [0.1, 0.15) is 11.1 Å². The highest BCUT2D eigenvalue weighted by molar-refractivity contribution is 7.84. The van der Waals surface area contributed by atoms with E-state index in [9.17, 15) is 4.21 Å². The van der Waals surface area contributed by atoms with Crippen LogP contribution in [0.25, 0.3) is 0 Å². The van der Waals surface area contributed by atoms with E-state index in [2.05, 4.69) is 0 Å². The standard InChI is InChI=1S/C15H12ClNO2S/c1-19-14-4-2-3-5-15(14)20(18)10-12-7-6-11(9-17)8-13(12)16/h2-8H,10H2,1H3. The van der Waals surface area contributed by atoms with E-state index in [1.807, 2.05) is 18.2 Å². The Balaban J connectivity index is 2.26. The van der Waals surface area contributed by atoms with Gasteiger partial charge in [-0.1, -0.05) is 29.8 Å². The average molecular weight is 306 g/mol. The molecule has 0 fully saturated rings. The first-order chi connectivity index (χ1) is 9.65. The SMILES string of the molecule is COc1ccccc1S(=O)Cc1ccc(C#N)cc1Cl. The zero-order chi connectivity index (χ0) is 14.5. The minimum atomic E-state index is -1.26. The van der Waals surface area contributed by atoms with Crippen molar-refractivity contribution in [3.05, 3.63) is 58.6 Å². The summed E-state index contributed by atoms with van der Waals surface area (Å²) in [7, 11) is 0.289. The fourth-order valence-electron chi connectivity index (χ4n) is 1.76. The summed E-state index contributed by atoms with van der Waals surface area (Å²) < 4.78 is 17.6. The highest BCUT2D eigenvalue weighted by Gasteiger charge is 2.12. The first-order valence-electron chi connectivity index (χ1n) is 5.85. The Morgan fingerprint density at radius 3 is 2.70 bits per heavy atom. The Labute approximate surface area is 125 Å². The highest BCUT2D eigenvalue weighted by atomic mass is 35.5. The van der Waals surface area contributed by atoms with Crippen LogP contribution in [0, 0.1) is 11.3 Å². The molecule has 0 aromatic heterocycles. The van der Waals surface area contributed by atoms with Crippen LogP contribution in [-0.4, -0.2) is 11.3 Å². The maximum Gasteiger partial charge on any atom is 0.134 e. The Morgan fingerprint density at radius 2 is 2.05 bits per heavy atom. The quantitative estimate of drug-likeness (QED) is 0.868. The molecule has 2 aromatic carbocycles. The van der Waals surface area contributed by atoms with Crippen molar-refractivity contribution < 1.29 is 8.95 Å². The molecule has 1 unspecified atom stereocenters. The monoisotopic (exact) mass is 305 g/mol. The van der Waals surface area contributed by atoms with Crippen LogP contribution in [0.3, 0.4) is 0 Å². The number of methoxy groups -OCH3 is 1. The lowest BCUT2D eigenvalue weighted by atomic mass is 10.2. The van der Waals surface area contributed by atoms with Crippen LogP contribution >= 0.6 is 11.6 Å². The third-order valence-corrected chi connectivity index (χ3v) is 4.54. The van der Waals surface area contributed by atoms with Gasteiger partial charge in [0.1, 0.15) is 5.75 Å². The van der Waals surface area contributed by atoms with Crippen molar-refractivity contribution in [3.8, 4) is 11.8 Å². The van der Waals surface area contributed by atoms with Gasteiger partial charge in [-0.15, -0.1) is 0 Å². The molecule has 1 atom stereocenters. The molecule has 0 aliphatic heterocycles. The molecule has 0 aliphatic rings. The van der Waals surface area contributed by atoms with Crippen LogP contribution in [-0.2, 0) is 16.6 Å². The van der Waals surface area contributed by atoms with Crippen LogP contribution < -0.4 is 4.74 Å². The largest absolute Gasteiger partial charge is 0.495 e. The number of nitriles is 1. The van der Waals surface area contributed by atoms with Gasteiger partial charge in [0, 0.05) is 5.02 Å². The molecule has 0 N–H and O–H groups in total. The summed E-state index contributed by atoms with van der Waals surface area (Å²) in [4.78, 5) is 0.635. The highest BCUT2D eigenvalue weighted by Crippen LogP contribution is 2.26. The molecule has 0 amide bonds. The molecule has 0 aliphatic carbocycles. The van der Waals surface area contributed by atoms with Crippen LogP contribution in [0.15, 0.2) is 47.4 Å². The molecule has 0 bridgehead atoms. The second kappa shape index (κ2) is 6.56. The van der Waals surface area contributed by atoms with Gasteiger partial charge < -0.3 is 4.74 Å². The molecule has 3 nitrogen and oxygen atoms in total. The van der Waals surface area contributed by atoms with Crippen molar-refractivity contribution in [2.24, 2.45) is 0 Å². The molecular formula is C15H12ClNO2S.